The summed E-state index contributed by atoms with van der Waals surface area (Å²) in [6, 6.07) is 8.78. The molecule has 1 aromatic heterocycles. The van der Waals surface area contributed by atoms with Crippen molar-refractivity contribution in [2.45, 2.75) is 12.7 Å². The molecule has 0 aliphatic rings. The van der Waals surface area contributed by atoms with Crippen LogP contribution >= 0.6 is 0 Å². The van der Waals surface area contributed by atoms with Crippen LogP contribution in [0, 0.1) is 0 Å². The maximum absolute atomic E-state index is 12.7. The summed E-state index contributed by atoms with van der Waals surface area (Å²) in [6.45, 7) is 0.198. The van der Waals surface area contributed by atoms with Gasteiger partial charge in [0.1, 0.15) is 11.5 Å². The lowest BCUT2D eigenvalue weighted by atomic mass is 10.1. The first-order valence-electron chi connectivity index (χ1n) is 8.03. The third kappa shape index (κ3) is 3.90. The molecule has 28 heavy (non-hydrogen) atoms. The van der Waals surface area contributed by atoms with Crippen molar-refractivity contribution in [1.29, 1.82) is 0 Å². The predicted octanol–water partition coefficient (Wildman–Crippen LogP) is 2.88. The summed E-state index contributed by atoms with van der Waals surface area (Å²) in [5.41, 5.74) is -0.950. The predicted molar refractivity (Wildman–Crippen MR) is 94.8 cm³/mol. The van der Waals surface area contributed by atoms with Crippen molar-refractivity contribution in [1.82, 2.24) is 14.8 Å². The summed E-state index contributed by atoms with van der Waals surface area (Å²) < 4.78 is 39.3. The average Bonchev–Trinajstić information content (AvgIpc) is 2.63. The second-order valence-corrected chi connectivity index (χ2v) is 5.99. The van der Waals surface area contributed by atoms with Crippen LogP contribution in [-0.2, 0) is 19.8 Å². The van der Waals surface area contributed by atoms with Gasteiger partial charge in [-0.3, -0.25) is 9.36 Å². The van der Waals surface area contributed by atoms with Gasteiger partial charge < -0.3 is 15.5 Å². The Balaban J connectivity index is 1.89. The molecule has 3 aromatic rings. The molecular weight excluding hydrogens is 377 g/mol. The second-order valence-electron chi connectivity index (χ2n) is 5.99. The number of aromatic hydroxyl groups is 2. The maximum Gasteiger partial charge on any atom is 0.416 e. The highest BCUT2D eigenvalue weighted by atomic mass is 19.4. The number of anilines is 1. The van der Waals surface area contributed by atoms with Gasteiger partial charge in [0.05, 0.1) is 11.1 Å². The molecule has 0 fully saturated rings. The third-order valence-electron chi connectivity index (χ3n) is 4.01. The Bertz CT molecular complexity index is 1080. The number of nitrogens with zero attached hydrogens (tertiary/aromatic N) is 3. The molecule has 3 N–H and O–H groups in total. The maximum atomic E-state index is 12.7. The quantitative estimate of drug-likeness (QED) is 0.631. The molecule has 0 aliphatic heterocycles. The fraction of sp³-hybridized carbons (Fsp3) is 0.167. The lowest BCUT2D eigenvalue weighted by Crippen LogP contribution is -2.25. The first kappa shape index (κ1) is 19.2. The number of benzene rings is 2. The van der Waals surface area contributed by atoms with Crippen LogP contribution < -0.4 is 10.9 Å². The summed E-state index contributed by atoms with van der Waals surface area (Å²) in [5, 5.41) is 29.8. The molecule has 2 aromatic carbocycles. The van der Waals surface area contributed by atoms with E-state index in [1.807, 2.05) is 0 Å². The molecule has 1 heterocycles. The Morgan fingerprint density at radius 2 is 1.86 bits per heavy atom. The van der Waals surface area contributed by atoms with Gasteiger partial charge in [-0.05, 0) is 35.9 Å². The molecule has 0 amide bonds. The Hall–Kier alpha value is -3.56. The van der Waals surface area contributed by atoms with E-state index in [4.69, 9.17) is 0 Å². The molecule has 0 saturated carbocycles. The van der Waals surface area contributed by atoms with Crippen LogP contribution in [-0.4, -0.2) is 25.0 Å². The van der Waals surface area contributed by atoms with E-state index in [1.54, 1.807) is 12.1 Å². The molecule has 3 rings (SSSR count). The molecule has 0 saturated heterocycles. The van der Waals surface area contributed by atoms with Gasteiger partial charge in [0.15, 0.2) is 5.82 Å². The standard InChI is InChI=1S/C18H15F3N4O3/c1-25-16(13-6-5-11(8-14(13)27)18(19,20)21)24-23-15(17(25)28)22-9-10-3-2-4-12(26)7-10/h2-8,26-27H,9H2,1H3,(H,22,23). The van der Waals surface area contributed by atoms with Gasteiger partial charge >= 0.3 is 6.18 Å². The van der Waals surface area contributed by atoms with Crippen LogP contribution in [0.25, 0.3) is 11.4 Å². The molecule has 0 radical (unpaired) electrons. The van der Waals surface area contributed by atoms with Crippen molar-refractivity contribution in [2.75, 3.05) is 5.32 Å². The topological polar surface area (TPSA) is 100 Å². The summed E-state index contributed by atoms with van der Waals surface area (Å²) in [6.07, 6.45) is -4.60. The lowest BCUT2D eigenvalue weighted by molar-refractivity contribution is -0.137. The van der Waals surface area contributed by atoms with Crippen LogP contribution in [0.5, 0.6) is 11.5 Å². The Morgan fingerprint density at radius 3 is 2.50 bits per heavy atom. The summed E-state index contributed by atoms with van der Waals surface area (Å²) in [4.78, 5) is 12.5. The monoisotopic (exact) mass is 392 g/mol. The van der Waals surface area contributed by atoms with Gasteiger partial charge in [-0.1, -0.05) is 12.1 Å². The van der Waals surface area contributed by atoms with Crippen molar-refractivity contribution in [3.8, 4) is 22.9 Å². The van der Waals surface area contributed by atoms with Gasteiger partial charge in [-0.2, -0.15) is 13.2 Å². The van der Waals surface area contributed by atoms with Crippen molar-refractivity contribution in [3.63, 3.8) is 0 Å². The highest BCUT2D eigenvalue weighted by Crippen LogP contribution is 2.35. The number of halogens is 3. The van der Waals surface area contributed by atoms with E-state index < -0.39 is 23.0 Å². The summed E-state index contributed by atoms with van der Waals surface area (Å²) in [5.74, 6) is -0.758. The smallest absolute Gasteiger partial charge is 0.416 e. The minimum Gasteiger partial charge on any atom is -0.508 e. The van der Waals surface area contributed by atoms with E-state index in [9.17, 15) is 28.2 Å². The number of aromatic nitrogens is 3. The van der Waals surface area contributed by atoms with Crippen LogP contribution in [0.3, 0.4) is 0 Å². The first-order valence-corrected chi connectivity index (χ1v) is 8.03. The van der Waals surface area contributed by atoms with E-state index in [-0.39, 0.29) is 29.5 Å². The Kier molecular flexibility index (Phi) is 4.95. The van der Waals surface area contributed by atoms with Gasteiger partial charge in [0.25, 0.3) is 5.56 Å². The zero-order chi connectivity index (χ0) is 20.5. The van der Waals surface area contributed by atoms with Gasteiger partial charge in [-0.15, -0.1) is 10.2 Å². The molecule has 10 heteroatoms. The van der Waals surface area contributed by atoms with E-state index in [0.29, 0.717) is 11.6 Å². The van der Waals surface area contributed by atoms with Gasteiger partial charge in [0.2, 0.25) is 5.82 Å². The lowest BCUT2D eigenvalue weighted by Gasteiger charge is -2.12. The third-order valence-corrected chi connectivity index (χ3v) is 4.01. The molecule has 146 valence electrons. The number of hydrogen-bond donors (Lipinski definition) is 3. The molecule has 7 nitrogen and oxygen atoms in total. The van der Waals surface area contributed by atoms with Crippen LogP contribution in [0.2, 0.25) is 0 Å². The summed E-state index contributed by atoms with van der Waals surface area (Å²) >= 11 is 0. The number of hydrogen-bond acceptors (Lipinski definition) is 6. The fourth-order valence-electron chi connectivity index (χ4n) is 2.56. The molecule has 0 unspecified atom stereocenters. The summed E-state index contributed by atoms with van der Waals surface area (Å²) in [7, 11) is 1.36. The highest BCUT2D eigenvalue weighted by Gasteiger charge is 2.31. The average molecular weight is 392 g/mol. The van der Waals surface area contributed by atoms with Crippen molar-refractivity contribution in [2.24, 2.45) is 7.05 Å². The van der Waals surface area contributed by atoms with Crippen molar-refractivity contribution >= 4 is 5.82 Å². The zero-order valence-electron chi connectivity index (χ0n) is 14.5. The fourth-order valence-corrected chi connectivity index (χ4v) is 2.56. The van der Waals surface area contributed by atoms with E-state index in [2.05, 4.69) is 15.5 Å². The molecule has 0 spiro atoms. The van der Waals surface area contributed by atoms with Crippen LogP contribution in [0.15, 0.2) is 47.3 Å². The minimum absolute atomic E-state index is 0.0559. The van der Waals surface area contributed by atoms with Crippen LogP contribution in [0.1, 0.15) is 11.1 Å². The number of phenols is 2. The highest BCUT2D eigenvalue weighted by molar-refractivity contribution is 5.65. The first-order chi connectivity index (χ1) is 13.2. The van der Waals surface area contributed by atoms with E-state index >= 15 is 0 Å². The number of phenolic OH excluding ortho intramolecular Hbond substituents is 2. The van der Waals surface area contributed by atoms with Gasteiger partial charge in [0, 0.05) is 13.6 Å². The largest absolute Gasteiger partial charge is 0.508 e. The zero-order valence-corrected chi connectivity index (χ0v) is 14.5. The Labute approximate surface area is 156 Å². The SMILES string of the molecule is Cn1c(-c2ccc(C(F)(F)F)cc2O)nnc(NCc2cccc(O)c2)c1=O. The van der Waals surface area contributed by atoms with E-state index in [0.717, 1.165) is 16.7 Å². The van der Waals surface area contributed by atoms with Crippen LogP contribution in [0.4, 0.5) is 19.0 Å². The second kappa shape index (κ2) is 7.22. The normalized spacial score (nSPS) is 11.4. The number of alkyl halides is 3. The molecule has 0 bridgehead atoms. The molecule has 0 aliphatic carbocycles. The van der Waals surface area contributed by atoms with E-state index in [1.165, 1.54) is 19.2 Å². The number of rotatable bonds is 4. The molecule has 0 atom stereocenters. The van der Waals surface area contributed by atoms with Gasteiger partial charge in [-0.25, -0.2) is 0 Å². The van der Waals surface area contributed by atoms with Crippen molar-refractivity contribution < 1.29 is 23.4 Å². The van der Waals surface area contributed by atoms with Crippen molar-refractivity contribution in [3.05, 3.63) is 63.9 Å². The Morgan fingerprint density at radius 1 is 1.11 bits per heavy atom. The molecular formula is C18H15F3N4O3. The number of nitrogens with one attached hydrogen (secondary N) is 1. The minimum atomic E-state index is -4.60.